The maximum absolute atomic E-state index is 11.1. The van der Waals surface area contributed by atoms with Gasteiger partial charge in [0.05, 0.1) is 18.6 Å². The molecule has 6 nitrogen and oxygen atoms in total. The first-order valence-electron chi connectivity index (χ1n) is 5.59. The third-order valence-corrected chi connectivity index (χ3v) is 2.30. The Hall–Kier alpha value is -0.790. The summed E-state index contributed by atoms with van der Waals surface area (Å²) in [6.45, 7) is 3.75. The van der Waals surface area contributed by atoms with Gasteiger partial charge in [0.1, 0.15) is 0 Å². The molecule has 0 amide bonds. The summed E-state index contributed by atoms with van der Waals surface area (Å²) >= 11 is 1.11. The average molecular weight is 265 g/mol. The largest absolute Gasteiger partial charge is 0.391 e. The first kappa shape index (κ1) is 16.2. The number of hydroxylamine groups is 2. The van der Waals surface area contributed by atoms with Crippen LogP contribution in [-0.4, -0.2) is 34.7 Å². The molecule has 100 valence electrons. The quantitative estimate of drug-likeness (QED) is 0.388. The topological polar surface area (TPSA) is 76.1 Å². The van der Waals surface area contributed by atoms with Crippen LogP contribution in [0.1, 0.15) is 39.5 Å². The third-order valence-electron chi connectivity index (χ3n) is 1.76. The molecule has 0 heterocycles. The smallest absolute Gasteiger partial charge is 0.328 e. The number of carbonyl (C=O) groups is 2. The Balaban J connectivity index is 3.44. The maximum Gasteiger partial charge on any atom is 0.328 e. The van der Waals surface area contributed by atoms with E-state index in [0.717, 1.165) is 17.8 Å². The summed E-state index contributed by atoms with van der Waals surface area (Å²) < 4.78 is 4.79. The van der Waals surface area contributed by atoms with Gasteiger partial charge in [-0.05, 0) is 25.0 Å². The predicted molar refractivity (Wildman–Crippen MR) is 63.0 cm³/mol. The summed E-state index contributed by atoms with van der Waals surface area (Å²) in [4.78, 5) is 26.6. The molecule has 0 aromatic heterocycles. The van der Waals surface area contributed by atoms with Gasteiger partial charge in [-0.1, -0.05) is 6.92 Å². The lowest BCUT2D eigenvalue weighted by Crippen LogP contribution is -2.23. The summed E-state index contributed by atoms with van der Waals surface area (Å²) in [7, 11) is 0. The van der Waals surface area contributed by atoms with Crippen LogP contribution < -0.4 is 0 Å². The van der Waals surface area contributed by atoms with Gasteiger partial charge in [0.15, 0.2) is 0 Å². The number of hydrogen-bond donors (Lipinski definition) is 1. The van der Waals surface area contributed by atoms with E-state index in [1.807, 2.05) is 6.92 Å². The third kappa shape index (κ3) is 10.1. The van der Waals surface area contributed by atoms with Crippen molar-refractivity contribution in [2.45, 2.75) is 39.5 Å². The van der Waals surface area contributed by atoms with E-state index in [-0.39, 0.29) is 25.4 Å². The molecule has 0 rings (SSSR count). The van der Waals surface area contributed by atoms with Gasteiger partial charge in [0.2, 0.25) is 0 Å². The van der Waals surface area contributed by atoms with E-state index in [4.69, 9.17) is 9.39 Å². The second-order valence-corrected chi connectivity index (χ2v) is 4.18. The van der Waals surface area contributed by atoms with Crippen molar-refractivity contribution in [1.29, 1.82) is 0 Å². The normalized spacial score (nSPS) is 10.4. The molecule has 0 unspecified atom stereocenters. The van der Waals surface area contributed by atoms with Crippen molar-refractivity contribution in [2.75, 3.05) is 12.3 Å². The van der Waals surface area contributed by atoms with E-state index in [1.54, 1.807) is 6.92 Å². The highest BCUT2D eigenvalue weighted by atomic mass is 32.2. The molecule has 0 aliphatic heterocycles. The summed E-state index contributed by atoms with van der Waals surface area (Å²) in [5.41, 5.74) is 0. The fourth-order valence-electron chi connectivity index (χ4n) is 0.933. The molecule has 17 heavy (non-hydrogen) atoms. The van der Waals surface area contributed by atoms with Crippen LogP contribution in [-0.2, 0) is 18.6 Å². The number of nitrogens with zero attached hydrogens (tertiary/aromatic N) is 1. The highest BCUT2D eigenvalue weighted by molar-refractivity contribution is 7.95. The zero-order valence-electron chi connectivity index (χ0n) is 10.2. The Bertz CT molecular complexity index is 237. The van der Waals surface area contributed by atoms with Gasteiger partial charge in [-0.3, -0.25) is 14.8 Å². The minimum Gasteiger partial charge on any atom is -0.391 e. The Morgan fingerprint density at radius 3 is 2.29 bits per heavy atom. The van der Waals surface area contributed by atoms with Crippen molar-refractivity contribution in [1.82, 2.24) is 5.23 Å². The molecule has 1 N–H and O–H groups in total. The molecule has 0 spiro atoms. The SMILES string of the molecule is CCSOC(=O)CCCCC(=O)ON(O)CC. The number of rotatable bonds is 9. The summed E-state index contributed by atoms with van der Waals surface area (Å²) in [6.07, 6.45) is 1.56. The highest BCUT2D eigenvalue weighted by Gasteiger charge is 2.08. The molecule has 0 atom stereocenters. The van der Waals surface area contributed by atoms with Crippen molar-refractivity contribution in [2.24, 2.45) is 0 Å². The standard InChI is InChI=1S/C10H19NO5S/c1-3-11(14)15-9(12)7-5-6-8-10(13)16-17-4-2/h14H,3-8H2,1-2H3. The predicted octanol–water partition coefficient (Wildman–Crippen LogP) is 1.93. The van der Waals surface area contributed by atoms with Gasteiger partial charge in [-0.2, -0.15) is 0 Å². The fourth-order valence-corrected chi connectivity index (χ4v) is 1.27. The molecule has 0 saturated carbocycles. The second kappa shape index (κ2) is 10.4. The Morgan fingerprint density at radius 1 is 1.18 bits per heavy atom. The lowest BCUT2D eigenvalue weighted by atomic mass is 10.2. The summed E-state index contributed by atoms with van der Waals surface area (Å²) in [5.74, 6) is -0.0604. The molecule has 0 bridgehead atoms. The molecule has 0 aliphatic rings. The minimum atomic E-state index is -0.509. The minimum absolute atomic E-state index is 0.172. The van der Waals surface area contributed by atoms with Crippen LogP contribution in [0.5, 0.6) is 0 Å². The van der Waals surface area contributed by atoms with Gasteiger partial charge in [0, 0.05) is 18.6 Å². The van der Waals surface area contributed by atoms with Gasteiger partial charge >= 0.3 is 11.9 Å². The highest BCUT2D eigenvalue weighted by Crippen LogP contribution is 2.08. The van der Waals surface area contributed by atoms with E-state index in [1.165, 1.54) is 0 Å². The monoisotopic (exact) mass is 265 g/mol. The molecule has 0 radical (unpaired) electrons. The van der Waals surface area contributed by atoms with Crippen molar-refractivity contribution in [3.63, 3.8) is 0 Å². The van der Waals surface area contributed by atoms with Crippen LogP contribution in [0.3, 0.4) is 0 Å². The molecule has 0 aliphatic carbocycles. The zero-order chi connectivity index (χ0) is 13.1. The Labute approximate surface area is 105 Å². The molecular weight excluding hydrogens is 246 g/mol. The lowest BCUT2D eigenvalue weighted by Gasteiger charge is -2.10. The van der Waals surface area contributed by atoms with E-state index in [2.05, 4.69) is 4.84 Å². The van der Waals surface area contributed by atoms with Gasteiger partial charge in [0.25, 0.3) is 0 Å². The molecule has 0 fully saturated rings. The molecule has 0 saturated heterocycles. The van der Waals surface area contributed by atoms with Crippen LogP contribution in [0.15, 0.2) is 0 Å². The average Bonchev–Trinajstić information content (AvgIpc) is 2.31. The van der Waals surface area contributed by atoms with Crippen LogP contribution in [0.4, 0.5) is 0 Å². The first-order valence-corrected chi connectivity index (χ1v) is 6.50. The molecule has 0 aromatic rings. The van der Waals surface area contributed by atoms with Gasteiger partial charge < -0.3 is 9.02 Å². The Kier molecular flexibility index (Phi) is 9.89. The fraction of sp³-hybridized carbons (Fsp3) is 0.800. The van der Waals surface area contributed by atoms with Crippen LogP contribution in [0.25, 0.3) is 0 Å². The van der Waals surface area contributed by atoms with Crippen molar-refractivity contribution < 1.29 is 23.8 Å². The lowest BCUT2D eigenvalue weighted by molar-refractivity contribution is -0.315. The maximum atomic E-state index is 11.1. The van der Waals surface area contributed by atoms with Crippen LogP contribution >= 0.6 is 12.0 Å². The summed E-state index contributed by atoms with van der Waals surface area (Å²) in [6, 6.07) is 0. The van der Waals surface area contributed by atoms with E-state index >= 15 is 0 Å². The zero-order valence-corrected chi connectivity index (χ0v) is 11.0. The number of hydrogen-bond acceptors (Lipinski definition) is 7. The van der Waals surface area contributed by atoms with Gasteiger partial charge in [-0.15, -0.1) is 0 Å². The molecule has 7 heteroatoms. The van der Waals surface area contributed by atoms with E-state index in [0.29, 0.717) is 18.1 Å². The molecular formula is C10H19NO5S. The van der Waals surface area contributed by atoms with Gasteiger partial charge in [-0.25, -0.2) is 0 Å². The first-order chi connectivity index (χ1) is 8.10. The Morgan fingerprint density at radius 2 is 1.76 bits per heavy atom. The van der Waals surface area contributed by atoms with Crippen LogP contribution in [0, 0.1) is 0 Å². The van der Waals surface area contributed by atoms with Crippen molar-refractivity contribution in [3.05, 3.63) is 0 Å². The summed E-state index contributed by atoms with van der Waals surface area (Å²) in [5, 5.41) is 9.36. The van der Waals surface area contributed by atoms with E-state index in [9.17, 15) is 9.59 Å². The van der Waals surface area contributed by atoms with Crippen LogP contribution in [0.2, 0.25) is 0 Å². The van der Waals surface area contributed by atoms with Crippen molar-refractivity contribution >= 4 is 24.0 Å². The van der Waals surface area contributed by atoms with Crippen molar-refractivity contribution in [3.8, 4) is 0 Å². The second-order valence-electron chi connectivity index (χ2n) is 3.20. The van der Waals surface area contributed by atoms with E-state index < -0.39 is 5.97 Å². The number of unbranched alkanes of at least 4 members (excludes halogenated alkanes) is 1. The number of carbonyl (C=O) groups excluding carboxylic acids is 2. The molecule has 0 aromatic carbocycles.